The van der Waals surface area contributed by atoms with E-state index in [-0.39, 0.29) is 5.92 Å². The van der Waals surface area contributed by atoms with Crippen LogP contribution < -0.4 is 0 Å². The third-order valence-corrected chi connectivity index (χ3v) is 4.34. The van der Waals surface area contributed by atoms with Crippen molar-refractivity contribution in [1.29, 1.82) is 0 Å². The third kappa shape index (κ3) is 2.99. The van der Waals surface area contributed by atoms with Crippen molar-refractivity contribution in [2.75, 3.05) is 0 Å². The number of hydrogen-bond acceptors (Lipinski definition) is 5. The Morgan fingerprint density at radius 3 is 2.96 bits per heavy atom. The number of H-pyrrole nitrogens is 1. The minimum absolute atomic E-state index is 0.0919. The van der Waals surface area contributed by atoms with Crippen molar-refractivity contribution >= 4 is 0 Å². The summed E-state index contributed by atoms with van der Waals surface area (Å²) in [6, 6.07) is 10.4. The Kier molecular flexibility index (Phi) is 3.83. The van der Waals surface area contributed by atoms with Crippen molar-refractivity contribution in [3.05, 3.63) is 53.4 Å². The van der Waals surface area contributed by atoms with Gasteiger partial charge in [0.05, 0.1) is 5.92 Å². The van der Waals surface area contributed by atoms with E-state index in [1.165, 1.54) is 5.56 Å². The van der Waals surface area contributed by atoms with Crippen LogP contribution in [0.3, 0.4) is 0 Å². The first-order valence-corrected chi connectivity index (χ1v) is 8.11. The maximum atomic E-state index is 4.69. The zero-order valence-corrected chi connectivity index (χ0v) is 12.9. The fourth-order valence-electron chi connectivity index (χ4n) is 3.09. The molecule has 4 rings (SSSR count). The number of benzene rings is 1. The number of hydrogen-bond donors (Lipinski definition) is 1. The molecule has 7 heteroatoms. The Morgan fingerprint density at radius 2 is 2.04 bits per heavy atom. The molecule has 1 aliphatic heterocycles. The van der Waals surface area contributed by atoms with Crippen molar-refractivity contribution in [3.8, 4) is 0 Å². The average molecular weight is 309 g/mol. The van der Waals surface area contributed by atoms with Gasteiger partial charge in [-0.2, -0.15) is 5.10 Å². The molecule has 1 aromatic carbocycles. The molecule has 2 aromatic heterocycles. The molecule has 1 aliphatic rings. The molecule has 0 aliphatic carbocycles. The molecular weight excluding hydrogens is 290 g/mol. The van der Waals surface area contributed by atoms with E-state index in [4.69, 9.17) is 4.98 Å². The molecule has 0 unspecified atom stereocenters. The van der Waals surface area contributed by atoms with Gasteiger partial charge in [0.1, 0.15) is 5.82 Å². The molecule has 0 radical (unpaired) electrons. The van der Waals surface area contributed by atoms with E-state index in [0.717, 1.165) is 56.1 Å². The van der Waals surface area contributed by atoms with Crippen LogP contribution in [0.2, 0.25) is 0 Å². The number of tetrazole rings is 1. The number of aryl methyl sites for hydroxylation is 3. The van der Waals surface area contributed by atoms with Gasteiger partial charge in [0.15, 0.2) is 11.6 Å². The highest BCUT2D eigenvalue weighted by molar-refractivity contribution is 5.16. The van der Waals surface area contributed by atoms with Crippen molar-refractivity contribution in [3.63, 3.8) is 0 Å². The quantitative estimate of drug-likeness (QED) is 0.795. The molecule has 23 heavy (non-hydrogen) atoms. The van der Waals surface area contributed by atoms with Crippen LogP contribution in [0.25, 0.3) is 0 Å². The molecule has 0 saturated heterocycles. The van der Waals surface area contributed by atoms with Gasteiger partial charge < -0.3 is 0 Å². The lowest BCUT2D eigenvalue weighted by Gasteiger charge is -2.07. The first-order chi connectivity index (χ1) is 11.4. The predicted octanol–water partition coefficient (Wildman–Crippen LogP) is 1.89. The number of nitrogens with one attached hydrogen (secondary N) is 1. The topological polar surface area (TPSA) is 85.2 Å². The largest absolute Gasteiger partial charge is 0.263 e. The molecule has 7 nitrogen and oxygen atoms in total. The summed E-state index contributed by atoms with van der Waals surface area (Å²) in [7, 11) is 0. The lowest BCUT2D eigenvalue weighted by atomic mass is 10.0. The average Bonchev–Trinajstić information content (AvgIpc) is 3.20. The highest BCUT2D eigenvalue weighted by atomic mass is 15.5. The molecule has 3 aromatic rings. The van der Waals surface area contributed by atoms with Gasteiger partial charge in [0, 0.05) is 13.0 Å². The van der Waals surface area contributed by atoms with Crippen LogP contribution in [0, 0.1) is 0 Å². The molecule has 1 atom stereocenters. The summed E-state index contributed by atoms with van der Waals surface area (Å²) in [6.07, 6.45) is 5.03. The first kappa shape index (κ1) is 14.0. The van der Waals surface area contributed by atoms with Crippen LogP contribution in [0.4, 0.5) is 0 Å². The second kappa shape index (κ2) is 6.28. The van der Waals surface area contributed by atoms with Crippen LogP contribution in [-0.4, -0.2) is 35.4 Å². The van der Waals surface area contributed by atoms with E-state index in [0.29, 0.717) is 0 Å². The van der Waals surface area contributed by atoms with Gasteiger partial charge in [0.25, 0.3) is 0 Å². The summed E-state index contributed by atoms with van der Waals surface area (Å²) < 4.78 is 1.89. The van der Waals surface area contributed by atoms with E-state index in [1.54, 1.807) is 0 Å². The maximum Gasteiger partial charge on any atom is 0.161 e. The van der Waals surface area contributed by atoms with Crippen molar-refractivity contribution < 1.29 is 0 Å². The number of fused-ring (bicyclic) bond motifs is 1. The molecule has 0 fully saturated rings. The van der Waals surface area contributed by atoms with E-state index < -0.39 is 0 Å². The Labute approximate surface area is 134 Å². The molecule has 0 amide bonds. The summed E-state index contributed by atoms with van der Waals surface area (Å²) in [5.41, 5.74) is 1.31. The maximum absolute atomic E-state index is 4.69. The number of aromatic amines is 1. The second-order valence-corrected chi connectivity index (χ2v) is 5.93. The SMILES string of the molecule is c1ccc(CCc2nc([C@@H]3CCCCn4nnnc43)n[nH]2)cc1. The van der Waals surface area contributed by atoms with Gasteiger partial charge in [-0.3, -0.25) is 5.10 Å². The molecule has 0 bridgehead atoms. The molecule has 1 N–H and O–H groups in total. The Hall–Kier alpha value is -2.57. The monoisotopic (exact) mass is 309 g/mol. The number of nitrogens with zero attached hydrogens (tertiary/aromatic N) is 6. The smallest absolute Gasteiger partial charge is 0.161 e. The van der Waals surface area contributed by atoms with Gasteiger partial charge >= 0.3 is 0 Å². The van der Waals surface area contributed by atoms with Crippen LogP contribution in [-0.2, 0) is 19.4 Å². The zero-order chi connectivity index (χ0) is 15.5. The molecule has 118 valence electrons. The van der Waals surface area contributed by atoms with Gasteiger partial charge in [-0.1, -0.05) is 36.8 Å². The summed E-state index contributed by atoms with van der Waals surface area (Å²) >= 11 is 0. The van der Waals surface area contributed by atoms with Crippen molar-refractivity contribution in [1.82, 2.24) is 35.4 Å². The normalized spacial score (nSPS) is 17.7. The van der Waals surface area contributed by atoms with E-state index in [9.17, 15) is 0 Å². The fraction of sp³-hybridized carbons (Fsp3) is 0.438. The zero-order valence-electron chi connectivity index (χ0n) is 12.9. The minimum Gasteiger partial charge on any atom is -0.263 e. The van der Waals surface area contributed by atoms with Gasteiger partial charge in [0.2, 0.25) is 0 Å². The number of rotatable bonds is 4. The first-order valence-electron chi connectivity index (χ1n) is 8.11. The molecule has 3 heterocycles. The standard InChI is InChI=1S/C16H19N7/c1-2-6-12(7-3-1)9-10-14-17-15(19-18-14)13-8-4-5-11-23-16(13)20-21-22-23/h1-3,6-7,13H,4-5,8-11H2,(H,17,18,19)/t13-/m0/s1. The number of aromatic nitrogens is 7. The lowest BCUT2D eigenvalue weighted by Crippen LogP contribution is -2.10. The molecular formula is C16H19N7. The summed E-state index contributed by atoms with van der Waals surface area (Å²) in [6.45, 7) is 0.879. The third-order valence-electron chi connectivity index (χ3n) is 4.34. The van der Waals surface area contributed by atoms with Crippen molar-refractivity contribution in [2.45, 2.75) is 44.6 Å². The van der Waals surface area contributed by atoms with Crippen LogP contribution in [0.1, 0.15) is 48.2 Å². The highest BCUT2D eigenvalue weighted by Crippen LogP contribution is 2.28. The van der Waals surface area contributed by atoms with Crippen molar-refractivity contribution in [2.24, 2.45) is 0 Å². The minimum atomic E-state index is 0.0919. The van der Waals surface area contributed by atoms with Crippen LogP contribution in [0.5, 0.6) is 0 Å². The van der Waals surface area contributed by atoms with Gasteiger partial charge in [-0.25, -0.2) is 9.67 Å². The Bertz CT molecular complexity index is 762. The fourth-order valence-corrected chi connectivity index (χ4v) is 3.09. The Balaban J connectivity index is 1.50. The predicted molar refractivity (Wildman–Crippen MR) is 83.7 cm³/mol. The molecule has 0 spiro atoms. The van der Waals surface area contributed by atoms with E-state index in [2.05, 4.69) is 50.0 Å². The van der Waals surface area contributed by atoms with Gasteiger partial charge in [-0.05, 0) is 35.3 Å². The Morgan fingerprint density at radius 1 is 1.13 bits per heavy atom. The summed E-state index contributed by atoms with van der Waals surface area (Å²) in [5, 5.41) is 19.6. The highest BCUT2D eigenvalue weighted by Gasteiger charge is 2.26. The summed E-state index contributed by atoms with van der Waals surface area (Å²) in [5.74, 6) is 2.71. The van der Waals surface area contributed by atoms with Gasteiger partial charge in [-0.15, -0.1) is 5.10 Å². The molecule has 0 saturated carbocycles. The second-order valence-electron chi connectivity index (χ2n) is 5.93. The summed E-state index contributed by atoms with van der Waals surface area (Å²) in [4.78, 5) is 4.69. The van der Waals surface area contributed by atoms with E-state index >= 15 is 0 Å². The lowest BCUT2D eigenvalue weighted by molar-refractivity contribution is 0.556. The van der Waals surface area contributed by atoms with Crippen LogP contribution in [0.15, 0.2) is 30.3 Å². The van der Waals surface area contributed by atoms with Crippen LogP contribution >= 0.6 is 0 Å². The van der Waals surface area contributed by atoms with E-state index in [1.807, 2.05) is 10.7 Å².